The van der Waals surface area contributed by atoms with E-state index in [-0.39, 0.29) is 12.4 Å². The number of aliphatic carboxylic acids is 1. The zero-order valence-electron chi connectivity index (χ0n) is 11.6. The largest absolute Gasteiger partial charge is 0.481 e. The molecule has 0 saturated heterocycles. The third kappa shape index (κ3) is 39.7. The van der Waals surface area contributed by atoms with E-state index < -0.39 is 5.97 Å². The normalized spacial score (nSPS) is 8.06. The van der Waals surface area contributed by atoms with Crippen LogP contribution < -0.4 is 0 Å². The van der Waals surface area contributed by atoms with Crippen LogP contribution in [0.3, 0.4) is 0 Å². The first-order valence-electron chi connectivity index (χ1n) is 5.94. The highest BCUT2D eigenvalue weighted by molar-refractivity contribution is 5.68. The maximum absolute atomic E-state index is 10.2. The molecule has 5 nitrogen and oxygen atoms in total. The number of carboxylic acids is 1. The predicted octanol–water partition coefficient (Wildman–Crippen LogP) is 2.48. The van der Waals surface area contributed by atoms with E-state index in [0.29, 0.717) is 13.0 Å². The molecule has 0 heterocycles. The fourth-order valence-corrected chi connectivity index (χ4v) is 0.467. The molecule has 0 rings (SSSR count). The van der Waals surface area contributed by atoms with Gasteiger partial charge in [0.05, 0.1) is 6.61 Å². The molecule has 104 valence electrons. The van der Waals surface area contributed by atoms with E-state index in [1.165, 1.54) is 0 Å². The highest BCUT2D eigenvalue weighted by Crippen LogP contribution is 1.80. The van der Waals surface area contributed by atoms with Gasteiger partial charge in [-0.25, -0.2) is 0 Å². The van der Waals surface area contributed by atoms with Gasteiger partial charge in [0.1, 0.15) is 0 Å². The van der Waals surface area contributed by atoms with Crippen LogP contribution >= 0.6 is 0 Å². The fourth-order valence-electron chi connectivity index (χ4n) is 0.467. The van der Waals surface area contributed by atoms with Crippen LogP contribution in [0.4, 0.5) is 0 Å². The summed E-state index contributed by atoms with van der Waals surface area (Å²) in [6.45, 7) is 11.3. The number of carbonyl (C=O) groups is 2. The predicted molar refractivity (Wildman–Crippen MR) is 67.0 cm³/mol. The zero-order chi connectivity index (χ0) is 14.1. The summed E-state index contributed by atoms with van der Waals surface area (Å²) in [4.78, 5) is 19.6. The number of hydrogen-bond acceptors (Lipinski definition) is 4. The van der Waals surface area contributed by atoms with Crippen molar-refractivity contribution in [3.63, 3.8) is 0 Å². The number of rotatable bonds is 5. The highest BCUT2D eigenvalue weighted by Gasteiger charge is 1.91. The molecule has 0 aliphatic rings. The lowest BCUT2D eigenvalue weighted by molar-refractivity contribution is -0.142. The lowest BCUT2D eigenvalue weighted by Gasteiger charge is -1.93. The summed E-state index contributed by atoms with van der Waals surface area (Å²) >= 11 is 0. The van der Waals surface area contributed by atoms with E-state index >= 15 is 0 Å². The van der Waals surface area contributed by atoms with Gasteiger partial charge >= 0.3 is 11.9 Å². The summed E-state index contributed by atoms with van der Waals surface area (Å²) in [5.74, 6) is -0.868. The Bertz CT molecular complexity index is 166. The van der Waals surface area contributed by atoms with Crippen LogP contribution in [0.25, 0.3) is 0 Å². The number of esters is 1. The molecule has 0 aliphatic heterocycles. The van der Waals surface area contributed by atoms with E-state index in [9.17, 15) is 9.59 Å². The molecule has 0 bridgehead atoms. The van der Waals surface area contributed by atoms with Gasteiger partial charge in [-0.1, -0.05) is 13.8 Å². The standard InChI is InChI=1S/C5H10O2.C4H10O.C3H6O2/c1-3-5(6)7-4-2;1-3-5-4-2;1-2-3(4)5/h3-4H2,1-2H3;3-4H2,1-2H3;2H2,1H3,(H,4,5). The summed E-state index contributed by atoms with van der Waals surface area (Å²) in [6.07, 6.45) is 0.702. The van der Waals surface area contributed by atoms with Crippen LogP contribution in [-0.2, 0) is 19.1 Å². The van der Waals surface area contributed by atoms with Crippen molar-refractivity contribution < 1.29 is 24.2 Å². The van der Waals surface area contributed by atoms with Crippen LogP contribution in [0, 0.1) is 0 Å². The van der Waals surface area contributed by atoms with Gasteiger partial charge in [0, 0.05) is 26.1 Å². The Morgan fingerprint density at radius 1 is 0.882 bits per heavy atom. The van der Waals surface area contributed by atoms with Gasteiger partial charge in [-0.2, -0.15) is 0 Å². The van der Waals surface area contributed by atoms with Crippen LogP contribution in [0.1, 0.15) is 47.5 Å². The maximum Gasteiger partial charge on any atom is 0.305 e. The summed E-state index contributed by atoms with van der Waals surface area (Å²) in [5.41, 5.74) is 0. The SMILES string of the molecule is CCC(=O)O.CCOC(=O)CC.CCOCC. The second kappa shape index (κ2) is 20.3. The average molecular weight is 250 g/mol. The minimum Gasteiger partial charge on any atom is -0.481 e. The van der Waals surface area contributed by atoms with Gasteiger partial charge in [-0.3, -0.25) is 9.59 Å². The minimum absolute atomic E-state index is 0.123. The maximum atomic E-state index is 10.2. The van der Waals surface area contributed by atoms with Crippen LogP contribution in [0.2, 0.25) is 0 Å². The van der Waals surface area contributed by atoms with Crippen molar-refractivity contribution in [3.8, 4) is 0 Å². The monoisotopic (exact) mass is 250 g/mol. The fraction of sp³-hybridized carbons (Fsp3) is 0.833. The topological polar surface area (TPSA) is 72.8 Å². The van der Waals surface area contributed by atoms with Gasteiger partial charge in [-0.05, 0) is 20.8 Å². The van der Waals surface area contributed by atoms with E-state index in [0.717, 1.165) is 13.2 Å². The molecule has 0 spiro atoms. The van der Waals surface area contributed by atoms with Gasteiger partial charge in [0.25, 0.3) is 0 Å². The van der Waals surface area contributed by atoms with Gasteiger partial charge in [-0.15, -0.1) is 0 Å². The molecule has 0 aromatic rings. The third-order valence-corrected chi connectivity index (χ3v) is 1.30. The zero-order valence-corrected chi connectivity index (χ0v) is 11.6. The molecular weight excluding hydrogens is 224 g/mol. The third-order valence-electron chi connectivity index (χ3n) is 1.30. The van der Waals surface area contributed by atoms with Crippen LogP contribution in [-0.4, -0.2) is 36.9 Å². The van der Waals surface area contributed by atoms with E-state index in [1.807, 2.05) is 13.8 Å². The molecule has 5 heteroatoms. The molecule has 0 amide bonds. The van der Waals surface area contributed by atoms with E-state index in [2.05, 4.69) is 4.74 Å². The Hall–Kier alpha value is -1.10. The Balaban J connectivity index is -0.000000177. The molecule has 0 fully saturated rings. The molecule has 0 aliphatic carbocycles. The Morgan fingerprint density at radius 2 is 1.29 bits per heavy atom. The molecule has 0 aromatic carbocycles. The second-order valence-electron chi connectivity index (χ2n) is 2.69. The van der Waals surface area contributed by atoms with Crippen LogP contribution in [0.5, 0.6) is 0 Å². The summed E-state index contributed by atoms with van der Waals surface area (Å²) in [7, 11) is 0. The number of hydrogen-bond donors (Lipinski definition) is 1. The minimum atomic E-state index is -0.745. The smallest absolute Gasteiger partial charge is 0.305 e. The molecule has 0 aromatic heterocycles. The molecule has 0 unspecified atom stereocenters. The van der Waals surface area contributed by atoms with Crippen molar-refractivity contribution in [2.24, 2.45) is 0 Å². The molecule has 1 N–H and O–H groups in total. The van der Waals surface area contributed by atoms with Crippen molar-refractivity contribution in [2.75, 3.05) is 19.8 Å². The summed E-state index contributed by atoms with van der Waals surface area (Å²) in [5, 5.41) is 7.72. The Morgan fingerprint density at radius 3 is 1.35 bits per heavy atom. The summed E-state index contributed by atoms with van der Waals surface area (Å²) < 4.78 is 9.39. The number of ether oxygens (including phenoxy) is 2. The first kappa shape index (κ1) is 21.2. The lowest BCUT2D eigenvalue weighted by atomic mass is 10.5. The molecule has 0 saturated carbocycles. The number of carboxylic acid groups (broad SMARTS) is 1. The van der Waals surface area contributed by atoms with Crippen molar-refractivity contribution >= 4 is 11.9 Å². The van der Waals surface area contributed by atoms with Crippen molar-refractivity contribution in [2.45, 2.75) is 47.5 Å². The van der Waals surface area contributed by atoms with Crippen molar-refractivity contribution in [1.29, 1.82) is 0 Å². The second-order valence-corrected chi connectivity index (χ2v) is 2.69. The molecule has 0 radical (unpaired) electrons. The summed E-state index contributed by atoms with van der Waals surface area (Å²) in [6, 6.07) is 0. The Labute approximate surface area is 104 Å². The Kier molecular flexibility index (Phi) is 25.4. The average Bonchev–Trinajstić information content (AvgIpc) is 2.32. The lowest BCUT2D eigenvalue weighted by Crippen LogP contribution is -2.00. The first-order chi connectivity index (χ1) is 7.99. The van der Waals surface area contributed by atoms with E-state index in [1.54, 1.807) is 20.8 Å². The van der Waals surface area contributed by atoms with Crippen molar-refractivity contribution in [3.05, 3.63) is 0 Å². The van der Waals surface area contributed by atoms with Gasteiger partial charge in [0.15, 0.2) is 0 Å². The number of carbonyl (C=O) groups excluding carboxylic acids is 1. The first-order valence-corrected chi connectivity index (χ1v) is 5.94. The molecule has 0 atom stereocenters. The molecular formula is C12H26O5. The quantitative estimate of drug-likeness (QED) is 0.759. The molecule has 17 heavy (non-hydrogen) atoms. The van der Waals surface area contributed by atoms with Crippen molar-refractivity contribution in [1.82, 2.24) is 0 Å². The van der Waals surface area contributed by atoms with E-state index in [4.69, 9.17) is 9.84 Å². The highest BCUT2D eigenvalue weighted by atomic mass is 16.5. The van der Waals surface area contributed by atoms with Gasteiger partial charge in [0.2, 0.25) is 0 Å². The van der Waals surface area contributed by atoms with Gasteiger partial charge < -0.3 is 14.6 Å². The van der Waals surface area contributed by atoms with Crippen LogP contribution in [0.15, 0.2) is 0 Å².